The Balaban J connectivity index is 1.44. The number of hydrogen-bond acceptors (Lipinski definition) is 6. The van der Waals surface area contributed by atoms with Crippen molar-refractivity contribution in [2.75, 3.05) is 18.4 Å². The van der Waals surface area contributed by atoms with E-state index in [1.807, 2.05) is 40.8 Å². The van der Waals surface area contributed by atoms with Gasteiger partial charge in [0.1, 0.15) is 5.75 Å². The summed E-state index contributed by atoms with van der Waals surface area (Å²) in [5.74, 6) is 0.563. The fourth-order valence-corrected chi connectivity index (χ4v) is 6.36. The van der Waals surface area contributed by atoms with Crippen LogP contribution in [-0.2, 0) is 0 Å². The van der Waals surface area contributed by atoms with Gasteiger partial charge in [-0.25, -0.2) is 0 Å². The third kappa shape index (κ3) is 4.50. The van der Waals surface area contributed by atoms with E-state index >= 15 is 0 Å². The molecule has 2 unspecified atom stereocenters. The van der Waals surface area contributed by atoms with Crippen LogP contribution in [0.1, 0.15) is 48.2 Å². The molecule has 186 valence electrons. The summed E-state index contributed by atoms with van der Waals surface area (Å²) in [6, 6.07) is 10.2. The molecule has 1 amide bonds. The number of para-hydroxylation sites is 1. The highest BCUT2D eigenvalue weighted by Gasteiger charge is 2.42. The molecule has 3 aromatic rings. The van der Waals surface area contributed by atoms with Crippen LogP contribution >= 0.6 is 22.6 Å². The summed E-state index contributed by atoms with van der Waals surface area (Å²) >= 11 is 1.95. The summed E-state index contributed by atoms with van der Waals surface area (Å²) in [6.45, 7) is 4.31. The molecule has 0 saturated carbocycles. The van der Waals surface area contributed by atoms with Crippen LogP contribution in [0, 0.1) is 15.4 Å². The van der Waals surface area contributed by atoms with Crippen LogP contribution in [0.5, 0.6) is 5.75 Å². The number of carbonyl (C=O) groups is 1. The number of aromatic hydroxyl groups is 1. The second-order valence-corrected chi connectivity index (χ2v) is 10.7. The van der Waals surface area contributed by atoms with Gasteiger partial charge in [0.2, 0.25) is 0 Å². The number of phenols is 1. The number of pyridine rings is 1. The van der Waals surface area contributed by atoms with Crippen molar-refractivity contribution in [3.05, 3.63) is 67.7 Å². The molecule has 3 aliphatic heterocycles. The number of aliphatic hydroxyl groups is 1. The van der Waals surface area contributed by atoms with Crippen LogP contribution in [0.2, 0.25) is 0 Å². The Labute approximate surface area is 222 Å². The van der Waals surface area contributed by atoms with E-state index in [2.05, 4.69) is 32.2 Å². The van der Waals surface area contributed by atoms with Crippen molar-refractivity contribution in [3.8, 4) is 5.75 Å². The second-order valence-electron chi connectivity index (χ2n) is 9.53. The molecule has 0 aliphatic carbocycles. The van der Waals surface area contributed by atoms with Crippen molar-refractivity contribution >= 4 is 50.8 Å². The Hall–Kier alpha value is -2.92. The van der Waals surface area contributed by atoms with Gasteiger partial charge in [0.05, 0.1) is 28.6 Å². The van der Waals surface area contributed by atoms with E-state index in [1.165, 1.54) is 25.0 Å². The molecule has 3 fully saturated rings. The largest absolute Gasteiger partial charge is 0.507 e. The molecule has 3 saturated heterocycles. The molecule has 6 rings (SSSR count). The highest BCUT2D eigenvalue weighted by atomic mass is 125. The van der Waals surface area contributed by atoms with Crippen molar-refractivity contribution < 1.29 is 15.0 Å². The van der Waals surface area contributed by atoms with Gasteiger partial charge in [0, 0.05) is 32.7 Å². The molecular weight excluding hydrogens is 569 g/mol. The summed E-state index contributed by atoms with van der Waals surface area (Å²) in [7, 11) is 0. The lowest BCUT2D eigenvalue weighted by molar-refractivity contribution is -0.0562. The number of amides is 1. The second kappa shape index (κ2) is 10.2. The maximum absolute atomic E-state index is 13.1. The normalized spacial score (nSPS) is 23.8. The average Bonchev–Trinajstić information content (AvgIpc) is 2.90. The number of benzene rings is 2. The lowest BCUT2D eigenvalue weighted by Gasteiger charge is -2.51. The number of nitrogens with one attached hydrogen (secondary N) is 1. The Morgan fingerprint density at radius 2 is 2.22 bits per heavy atom. The zero-order valence-electron chi connectivity index (χ0n) is 19.8. The fraction of sp³-hybridized carbons (Fsp3) is 0.385. The molecule has 3 N–H and O–H groups in total. The minimum absolute atomic E-state index is 0.0565. The minimum atomic E-state index is -0.652. The number of nitrogens with zero attached hydrogens (tertiary/aromatic N) is 5. The van der Waals surface area contributed by atoms with Gasteiger partial charge in [-0.05, 0) is 89.2 Å². The molecule has 3 aliphatic rings. The van der Waals surface area contributed by atoms with E-state index in [4.69, 9.17) is 5.53 Å². The molecule has 2 aromatic carbocycles. The van der Waals surface area contributed by atoms with Crippen molar-refractivity contribution in [1.29, 1.82) is 0 Å². The minimum Gasteiger partial charge on any atom is -0.507 e. The van der Waals surface area contributed by atoms with Crippen molar-refractivity contribution in [1.82, 2.24) is 9.88 Å². The molecule has 10 heteroatoms. The summed E-state index contributed by atoms with van der Waals surface area (Å²) in [6.07, 6.45) is 4.38. The van der Waals surface area contributed by atoms with E-state index < -0.39 is 12.0 Å². The topological polar surface area (TPSA) is 134 Å². The smallest absolute Gasteiger partial charge is 0.259 e. The molecule has 5 atom stereocenters. The van der Waals surface area contributed by atoms with Crippen molar-refractivity contribution in [3.63, 3.8) is 0 Å². The lowest BCUT2D eigenvalue weighted by atomic mass is 9.72. The lowest BCUT2D eigenvalue weighted by Crippen LogP contribution is -2.55. The van der Waals surface area contributed by atoms with Crippen LogP contribution in [0.25, 0.3) is 21.3 Å². The molecule has 0 radical (unpaired) electrons. The average molecular weight is 596 g/mol. The van der Waals surface area contributed by atoms with Crippen LogP contribution in [0.3, 0.4) is 0 Å². The summed E-state index contributed by atoms with van der Waals surface area (Å²) in [5.41, 5.74) is 10.8. The van der Waals surface area contributed by atoms with Gasteiger partial charge < -0.3 is 15.5 Å². The van der Waals surface area contributed by atoms with E-state index in [0.29, 0.717) is 26.6 Å². The first-order chi connectivity index (χ1) is 17.4. The number of carbonyl (C=O) groups excluding carboxylic acids is 1. The number of rotatable bonds is 6. The summed E-state index contributed by atoms with van der Waals surface area (Å²) < 4.78 is 0.539. The Morgan fingerprint density at radius 1 is 1.39 bits per heavy atom. The monoisotopic (exact) mass is 596 g/mol. The van der Waals surface area contributed by atoms with Gasteiger partial charge in [-0.1, -0.05) is 30.6 Å². The number of piperidine rings is 3. The Kier molecular flexibility index (Phi) is 7.03. The van der Waals surface area contributed by atoms with Crippen LogP contribution in [0.15, 0.2) is 47.7 Å². The maximum Gasteiger partial charge on any atom is 0.259 e. The molecule has 9 nitrogen and oxygen atoms in total. The first-order valence-corrected chi connectivity index (χ1v) is 13.2. The third-order valence-electron chi connectivity index (χ3n) is 7.66. The number of hydrogen-bond donors (Lipinski definition) is 3. The van der Waals surface area contributed by atoms with Crippen molar-refractivity contribution in [2.24, 2.45) is 17.0 Å². The molecule has 2 bridgehead atoms. The number of anilines is 1. The predicted octanol–water partition coefficient (Wildman–Crippen LogP) is 5.89. The van der Waals surface area contributed by atoms with Gasteiger partial charge in [-0.3, -0.25) is 14.7 Å². The quantitative estimate of drug-likeness (QED) is 0.141. The first kappa shape index (κ1) is 24.8. The van der Waals surface area contributed by atoms with E-state index in [9.17, 15) is 15.0 Å². The van der Waals surface area contributed by atoms with Crippen LogP contribution < -0.4 is 5.32 Å². The van der Waals surface area contributed by atoms with Gasteiger partial charge in [0.15, 0.2) is 0 Å². The van der Waals surface area contributed by atoms with E-state index in [1.54, 1.807) is 12.3 Å². The van der Waals surface area contributed by atoms with Gasteiger partial charge >= 0.3 is 0 Å². The predicted molar refractivity (Wildman–Crippen MR) is 146 cm³/mol. The Morgan fingerprint density at radius 3 is 2.94 bits per heavy atom. The highest BCUT2D eigenvalue weighted by molar-refractivity contribution is 14.1. The zero-order valence-corrected chi connectivity index (χ0v) is 22.0. The van der Waals surface area contributed by atoms with Crippen molar-refractivity contribution in [2.45, 2.75) is 38.3 Å². The third-order valence-corrected chi connectivity index (χ3v) is 8.52. The highest BCUT2D eigenvalue weighted by Crippen LogP contribution is 2.43. The number of aliphatic hydroxyl groups excluding tert-OH is 1. The SMILES string of the molecule is CC[C@H]1CN2CCC1C[C@H]2[C@H](O)c1ccnc2c(NC(=O)c3cc([125I])c(N=[N+]=[N-])cc3O)cccc12. The van der Waals surface area contributed by atoms with Crippen LogP contribution in [0.4, 0.5) is 11.4 Å². The summed E-state index contributed by atoms with van der Waals surface area (Å²) in [5, 5.41) is 29.0. The molecule has 4 heterocycles. The first-order valence-electron chi connectivity index (χ1n) is 12.1. The van der Waals surface area contributed by atoms with Gasteiger partial charge in [0.25, 0.3) is 5.91 Å². The van der Waals surface area contributed by atoms with Gasteiger partial charge in [-0.2, -0.15) is 0 Å². The zero-order chi connectivity index (χ0) is 25.4. The number of halogens is 1. The number of azide groups is 1. The van der Waals surface area contributed by atoms with Crippen LogP contribution in [-0.4, -0.2) is 45.1 Å². The van der Waals surface area contributed by atoms with E-state index in [0.717, 1.165) is 30.5 Å². The molecule has 36 heavy (non-hydrogen) atoms. The molecular formula is C26H27IN6O3. The number of aromatic nitrogens is 1. The molecule has 1 aromatic heterocycles. The Bertz CT molecular complexity index is 1380. The fourth-order valence-electron chi connectivity index (χ4n) is 5.78. The standard InChI is InChI=1S/C26H27IN6O3/c1-2-14-13-33-9-7-15(14)10-22(33)25(35)17-6-8-29-24-16(17)4-3-5-20(24)30-26(36)18-11-19(27)21(31-32-28)12-23(18)34/h3-6,8,11-12,14-15,22,25,34-35H,2,7,9-10,13H2,1H3,(H,30,36)/t14-,15?,22-,25+/m0/s1/i27-2. The number of phenolic OH excluding ortho intramolecular Hbond substituents is 1. The molecule has 0 spiro atoms. The van der Waals surface area contributed by atoms with E-state index in [-0.39, 0.29) is 23.0 Å². The summed E-state index contributed by atoms with van der Waals surface area (Å²) in [4.78, 5) is 22.7. The number of fused-ring (bicyclic) bond motifs is 4. The maximum atomic E-state index is 13.1. The van der Waals surface area contributed by atoms with Gasteiger partial charge in [-0.15, -0.1) is 0 Å².